The van der Waals surface area contributed by atoms with E-state index in [1.807, 2.05) is 0 Å². The van der Waals surface area contributed by atoms with Gasteiger partial charge in [-0.1, -0.05) is 72.8 Å². The minimum Gasteiger partial charge on any atom is -0.508 e. The smallest absolute Gasteiger partial charge is 0.328 e. The number of carboxylic acid groups (broad SMARTS) is 1. The van der Waals surface area contributed by atoms with Gasteiger partial charge in [0.05, 0.1) is 25.4 Å². The average molecular weight is 919 g/mol. The lowest BCUT2D eigenvalue weighted by atomic mass is 10.0. The molecule has 3 aromatic rings. The lowest BCUT2D eigenvalue weighted by Gasteiger charge is -2.30. The van der Waals surface area contributed by atoms with Gasteiger partial charge in [-0.15, -0.1) is 0 Å². The van der Waals surface area contributed by atoms with Crippen LogP contribution in [-0.2, 0) is 57.6 Å². The third kappa shape index (κ3) is 15.1. The van der Waals surface area contributed by atoms with E-state index in [2.05, 4.69) is 31.9 Å². The van der Waals surface area contributed by atoms with Crippen LogP contribution < -0.4 is 37.6 Å². The number of benzene rings is 3. The first-order chi connectivity index (χ1) is 31.4. The maximum atomic E-state index is 14.3. The van der Waals surface area contributed by atoms with Crippen LogP contribution in [-0.4, -0.2) is 152 Å². The predicted octanol–water partition coefficient (Wildman–Crippen LogP) is -2.88. The first kappa shape index (κ1) is 51.7. The van der Waals surface area contributed by atoms with Crippen LogP contribution in [0.15, 0.2) is 84.9 Å². The zero-order chi connectivity index (χ0) is 48.5. The highest BCUT2D eigenvalue weighted by Crippen LogP contribution is 2.20. The van der Waals surface area contributed by atoms with Crippen LogP contribution in [0.25, 0.3) is 0 Å². The molecule has 356 valence electrons. The molecule has 1 heterocycles. The van der Waals surface area contributed by atoms with Crippen LogP contribution in [0.1, 0.15) is 43.4 Å². The van der Waals surface area contributed by atoms with Crippen molar-refractivity contribution in [3.8, 4) is 5.75 Å². The summed E-state index contributed by atoms with van der Waals surface area (Å²) in [5, 5.41) is 65.0. The Labute approximate surface area is 380 Å². The number of aromatic hydroxyl groups is 1. The Hall–Kier alpha value is -6.94. The third-order valence-electron chi connectivity index (χ3n) is 10.8. The summed E-state index contributed by atoms with van der Waals surface area (Å²) in [6.45, 7) is 0.915. The van der Waals surface area contributed by atoms with E-state index >= 15 is 0 Å². The summed E-state index contributed by atoms with van der Waals surface area (Å²) in [5.41, 5.74) is 7.29. The van der Waals surface area contributed by atoms with Gasteiger partial charge in [0.15, 0.2) is 6.04 Å². The van der Waals surface area contributed by atoms with E-state index in [-0.39, 0.29) is 38.0 Å². The molecule has 4 rings (SSSR count). The monoisotopic (exact) mass is 918 g/mol. The van der Waals surface area contributed by atoms with Crippen LogP contribution >= 0.6 is 0 Å². The second-order valence-corrected chi connectivity index (χ2v) is 15.9. The number of carbonyl (C=O) groups is 8. The van der Waals surface area contributed by atoms with Gasteiger partial charge >= 0.3 is 5.97 Å². The van der Waals surface area contributed by atoms with Crippen molar-refractivity contribution in [2.24, 2.45) is 5.73 Å². The van der Waals surface area contributed by atoms with Crippen molar-refractivity contribution >= 4 is 47.3 Å². The molecule has 3 aromatic carbocycles. The topological polar surface area (TPSA) is 339 Å². The zero-order valence-corrected chi connectivity index (χ0v) is 36.5. The minimum atomic E-state index is -1.80. The molecule has 9 atom stereocenters. The quantitative estimate of drug-likeness (QED) is 0.0455. The number of amides is 7. The Morgan fingerprint density at radius 3 is 1.53 bits per heavy atom. The molecule has 1 aliphatic rings. The number of aliphatic carboxylic acids is 1. The lowest BCUT2D eigenvalue weighted by Crippen LogP contribution is -2.62. The normalized spacial score (nSPS) is 17.0. The van der Waals surface area contributed by atoms with Gasteiger partial charge in [-0.25, -0.2) is 4.79 Å². The molecule has 21 nitrogen and oxygen atoms in total. The van der Waals surface area contributed by atoms with Gasteiger partial charge in [0.2, 0.25) is 41.4 Å². The molecule has 13 N–H and O–H groups in total. The lowest BCUT2D eigenvalue weighted by molar-refractivity contribution is -0.147. The van der Waals surface area contributed by atoms with Crippen LogP contribution in [0.2, 0.25) is 0 Å². The van der Waals surface area contributed by atoms with Gasteiger partial charge in [0.1, 0.15) is 42.0 Å². The summed E-state index contributed by atoms with van der Waals surface area (Å²) < 4.78 is 0. The fraction of sp³-hybridized carbons (Fsp3) is 0.422. The molecule has 7 amide bonds. The van der Waals surface area contributed by atoms with Crippen molar-refractivity contribution in [3.63, 3.8) is 0 Å². The van der Waals surface area contributed by atoms with E-state index in [1.54, 1.807) is 60.7 Å². The molecular weight excluding hydrogens is 861 g/mol. The van der Waals surface area contributed by atoms with Crippen molar-refractivity contribution in [2.75, 3.05) is 19.7 Å². The minimum absolute atomic E-state index is 0.00729. The Bertz CT molecular complexity index is 2140. The number of nitrogens with one attached hydrogen (secondary N) is 6. The molecule has 1 saturated heterocycles. The van der Waals surface area contributed by atoms with Crippen molar-refractivity contribution in [1.29, 1.82) is 0 Å². The van der Waals surface area contributed by atoms with Gasteiger partial charge in [0, 0.05) is 25.8 Å². The Morgan fingerprint density at radius 1 is 0.621 bits per heavy atom. The van der Waals surface area contributed by atoms with Crippen molar-refractivity contribution in [1.82, 2.24) is 36.8 Å². The highest BCUT2D eigenvalue weighted by Gasteiger charge is 2.41. The molecular formula is C45H58N8O13. The fourth-order valence-corrected chi connectivity index (χ4v) is 7.24. The zero-order valence-electron chi connectivity index (χ0n) is 36.5. The third-order valence-corrected chi connectivity index (χ3v) is 10.8. The Morgan fingerprint density at radius 2 is 1.08 bits per heavy atom. The first-order valence-electron chi connectivity index (χ1n) is 21.3. The summed E-state index contributed by atoms with van der Waals surface area (Å²) >= 11 is 0. The molecule has 0 saturated carbocycles. The average Bonchev–Trinajstić information content (AvgIpc) is 3.79. The number of nitrogens with zero attached hydrogens (tertiary/aromatic N) is 1. The van der Waals surface area contributed by atoms with E-state index in [0.717, 1.165) is 18.7 Å². The molecule has 0 aromatic heterocycles. The predicted molar refractivity (Wildman–Crippen MR) is 236 cm³/mol. The highest BCUT2D eigenvalue weighted by molar-refractivity contribution is 5.98. The number of likely N-dealkylation sites (tertiary alicyclic amines) is 1. The summed E-state index contributed by atoms with van der Waals surface area (Å²) in [5.74, 6) is -7.78. The highest BCUT2D eigenvalue weighted by atomic mass is 16.4. The van der Waals surface area contributed by atoms with Crippen LogP contribution in [0.5, 0.6) is 5.75 Å². The number of nitrogens with two attached hydrogens (primary N) is 1. The molecule has 0 aliphatic carbocycles. The Kier molecular flexibility index (Phi) is 19.5. The summed E-state index contributed by atoms with van der Waals surface area (Å²) in [7, 11) is 0. The van der Waals surface area contributed by atoms with Gasteiger partial charge in [0.25, 0.3) is 0 Å². The van der Waals surface area contributed by atoms with Gasteiger partial charge in [-0.05, 0) is 55.5 Å². The largest absolute Gasteiger partial charge is 0.508 e. The van der Waals surface area contributed by atoms with E-state index in [0.29, 0.717) is 23.1 Å². The number of hydrogen-bond acceptors (Lipinski definition) is 13. The van der Waals surface area contributed by atoms with Crippen LogP contribution in [0.4, 0.5) is 0 Å². The molecule has 9 unspecified atom stereocenters. The molecule has 66 heavy (non-hydrogen) atoms. The number of carboxylic acids is 1. The summed E-state index contributed by atoms with van der Waals surface area (Å²) in [4.78, 5) is 108. The number of aliphatic hydroxyl groups excluding tert-OH is 3. The summed E-state index contributed by atoms with van der Waals surface area (Å²) in [6.07, 6.45) is -2.98. The maximum Gasteiger partial charge on any atom is 0.328 e. The SMILES string of the molecule is CC(O)C(NC(=O)C1CCCN1C(=O)C(CO)NC(=O)C(NC(=O)C(Cc1ccc(O)cc1)NC(=O)C(Cc1ccccc1)NC(=O)C(Cc1ccccc1)NC(=O)CN)C(C)O)C(=O)O. The number of phenols is 1. The van der Waals surface area contributed by atoms with E-state index in [1.165, 1.54) is 24.3 Å². The van der Waals surface area contributed by atoms with Crippen molar-refractivity contribution < 1.29 is 63.9 Å². The Balaban J connectivity index is 1.57. The number of aliphatic hydroxyl groups is 3. The molecule has 0 bridgehead atoms. The molecule has 0 radical (unpaired) electrons. The summed E-state index contributed by atoms with van der Waals surface area (Å²) in [6, 6.07) is 12.6. The van der Waals surface area contributed by atoms with E-state index < -0.39 is 115 Å². The number of hydrogen-bond donors (Lipinski definition) is 12. The van der Waals surface area contributed by atoms with Crippen molar-refractivity contribution in [3.05, 3.63) is 102 Å². The molecule has 21 heteroatoms. The maximum absolute atomic E-state index is 14.3. The number of phenolic OH excluding ortho intramolecular Hbond substituents is 1. The second kappa shape index (κ2) is 24.9. The molecule has 1 fully saturated rings. The van der Waals surface area contributed by atoms with E-state index in [4.69, 9.17) is 5.73 Å². The van der Waals surface area contributed by atoms with E-state index in [9.17, 15) is 63.9 Å². The van der Waals surface area contributed by atoms with Gasteiger partial charge in [-0.2, -0.15) is 0 Å². The molecule has 1 aliphatic heterocycles. The molecule has 0 spiro atoms. The van der Waals surface area contributed by atoms with Crippen LogP contribution in [0.3, 0.4) is 0 Å². The number of carbonyl (C=O) groups excluding carboxylic acids is 7. The number of rotatable bonds is 23. The standard InChI is InChI=1S/C45H58N8O13/c1-25(55)37(43(63)50-34(24-54)44(64)53-19-9-14-35(53)42(62)52-38(26(2)56)45(65)66)51-41(61)33(22-29-15-17-30(57)18-16-29)49-40(60)32(21-28-12-7-4-8-13-28)48-39(59)31(47-36(58)23-46)20-27-10-5-3-6-11-27/h3-8,10-13,15-18,25-26,31-35,37-38,54-57H,9,14,19-24,46H2,1-2H3,(H,47,58)(H,48,59)(H,49,60)(H,50,63)(H,51,61)(H,52,62)(H,65,66). The van der Waals surface area contributed by atoms with Gasteiger partial charge in [-0.3, -0.25) is 33.6 Å². The van der Waals surface area contributed by atoms with Crippen molar-refractivity contribution in [2.45, 2.75) is 100 Å². The first-order valence-corrected chi connectivity index (χ1v) is 21.3. The van der Waals surface area contributed by atoms with Crippen LogP contribution in [0, 0.1) is 0 Å². The fourth-order valence-electron chi connectivity index (χ4n) is 7.24. The second-order valence-electron chi connectivity index (χ2n) is 15.9. The van der Waals surface area contributed by atoms with Gasteiger partial charge < -0.3 is 68.1 Å².